The highest BCUT2D eigenvalue weighted by Crippen LogP contribution is 2.28. The zero-order chi connectivity index (χ0) is 12.7. The number of rotatable bonds is 6. The molecule has 1 atom stereocenters. The van der Waals surface area contributed by atoms with Gasteiger partial charge in [-0.05, 0) is 51.5 Å². The van der Waals surface area contributed by atoms with Crippen LogP contribution in [-0.4, -0.2) is 32.2 Å². The van der Waals surface area contributed by atoms with E-state index in [9.17, 15) is 4.79 Å². The summed E-state index contributed by atoms with van der Waals surface area (Å²) in [4.78, 5) is 12.0. The van der Waals surface area contributed by atoms with Gasteiger partial charge >= 0.3 is 0 Å². The topological polar surface area (TPSA) is 64.3 Å². The fraction of sp³-hybridized carbons (Fsp3) is 0.923. The Hall–Kier alpha value is -0.610. The molecular weight excluding hydrogens is 216 g/mol. The van der Waals surface area contributed by atoms with Gasteiger partial charge in [0, 0.05) is 25.7 Å². The molecule has 3 N–H and O–H groups in total. The third kappa shape index (κ3) is 5.04. The Balaban J connectivity index is 2.24. The summed E-state index contributed by atoms with van der Waals surface area (Å²) in [5.41, 5.74) is 5.65. The van der Waals surface area contributed by atoms with Crippen LogP contribution in [0.15, 0.2) is 0 Å². The molecule has 0 aromatic heterocycles. The number of carbonyl (C=O) groups excluding carboxylic acids is 1. The number of methoxy groups -OCH3 is 1. The van der Waals surface area contributed by atoms with Gasteiger partial charge in [-0.1, -0.05) is 0 Å². The molecule has 1 amide bonds. The largest absolute Gasteiger partial charge is 0.385 e. The molecule has 1 saturated carbocycles. The van der Waals surface area contributed by atoms with E-state index in [4.69, 9.17) is 10.5 Å². The molecular formula is C13H26N2O2. The summed E-state index contributed by atoms with van der Waals surface area (Å²) >= 11 is 0. The maximum atomic E-state index is 12.0. The van der Waals surface area contributed by atoms with Crippen molar-refractivity contribution in [3.63, 3.8) is 0 Å². The van der Waals surface area contributed by atoms with Gasteiger partial charge in [0.1, 0.15) is 0 Å². The van der Waals surface area contributed by atoms with E-state index in [-0.39, 0.29) is 17.9 Å². The number of nitrogens with two attached hydrogens (primary N) is 1. The monoisotopic (exact) mass is 242 g/mol. The van der Waals surface area contributed by atoms with Crippen LogP contribution in [0.5, 0.6) is 0 Å². The molecule has 0 aromatic rings. The van der Waals surface area contributed by atoms with Crippen molar-refractivity contribution >= 4 is 5.91 Å². The van der Waals surface area contributed by atoms with Crippen LogP contribution in [0, 0.1) is 11.8 Å². The highest BCUT2D eigenvalue weighted by molar-refractivity contribution is 5.78. The molecule has 17 heavy (non-hydrogen) atoms. The molecule has 0 heterocycles. The molecule has 1 aliphatic carbocycles. The van der Waals surface area contributed by atoms with Crippen LogP contribution >= 0.6 is 0 Å². The second-order valence-corrected chi connectivity index (χ2v) is 5.14. The van der Waals surface area contributed by atoms with E-state index in [1.807, 2.05) is 6.92 Å². The average molecular weight is 242 g/mol. The number of hydrogen-bond donors (Lipinski definition) is 2. The lowest BCUT2D eigenvalue weighted by Crippen LogP contribution is -2.39. The maximum Gasteiger partial charge on any atom is 0.223 e. The van der Waals surface area contributed by atoms with Crippen molar-refractivity contribution in [2.45, 2.75) is 45.1 Å². The van der Waals surface area contributed by atoms with Crippen LogP contribution < -0.4 is 11.1 Å². The lowest BCUT2D eigenvalue weighted by molar-refractivity contribution is -0.126. The predicted molar refractivity (Wildman–Crippen MR) is 68.6 cm³/mol. The van der Waals surface area contributed by atoms with E-state index >= 15 is 0 Å². The summed E-state index contributed by atoms with van der Waals surface area (Å²) in [7, 11) is 1.68. The third-order valence-electron chi connectivity index (χ3n) is 3.69. The smallest absolute Gasteiger partial charge is 0.223 e. The first kappa shape index (κ1) is 14.5. The Labute approximate surface area is 104 Å². The normalized spacial score (nSPS) is 26.5. The molecule has 0 aromatic carbocycles. The van der Waals surface area contributed by atoms with E-state index in [2.05, 4.69) is 5.32 Å². The van der Waals surface area contributed by atoms with Gasteiger partial charge in [-0.3, -0.25) is 4.79 Å². The minimum atomic E-state index is 0.197. The van der Waals surface area contributed by atoms with Gasteiger partial charge in [-0.25, -0.2) is 0 Å². The molecule has 0 saturated heterocycles. The Bertz CT molecular complexity index is 225. The van der Waals surface area contributed by atoms with Gasteiger partial charge in [-0.2, -0.15) is 0 Å². The van der Waals surface area contributed by atoms with E-state index in [0.29, 0.717) is 12.5 Å². The van der Waals surface area contributed by atoms with Gasteiger partial charge in [-0.15, -0.1) is 0 Å². The number of carbonyl (C=O) groups is 1. The van der Waals surface area contributed by atoms with Crippen LogP contribution in [0.25, 0.3) is 0 Å². The minimum absolute atomic E-state index is 0.197. The van der Waals surface area contributed by atoms with Gasteiger partial charge in [0.25, 0.3) is 0 Å². The summed E-state index contributed by atoms with van der Waals surface area (Å²) in [6.45, 7) is 3.49. The van der Waals surface area contributed by atoms with E-state index in [1.165, 1.54) is 0 Å². The van der Waals surface area contributed by atoms with Gasteiger partial charge < -0.3 is 15.8 Å². The summed E-state index contributed by atoms with van der Waals surface area (Å²) in [6.07, 6.45) is 5.05. The van der Waals surface area contributed by atoms with Crippen LogP contribution in [0.2, 0.25) is 0 Å². The van der Waals surface area contributed by atoms with Crippen molar-refractivity contribution in [2.75, 3.05) is 20.3 Å². The summed E-state index contributed by atoms with van der Waals surface area (Å²) in [5, 5.41) is 3.07. The third-order valence-corrected chi connectivity index (χ3v) is 3.69. The second-order valence-electron chi connectivity index (χ2n) is 5.14. The molecule has 1 fully saturated rings. The van der Waals surface area contributed by atoms with Crippen molar-refractivity contribution in [1.29, 1.82) is 0 Å². The first-order valence-corrected chi connectivity index (χ1v) is 6.66. The van der Waals surface area contributed by atoms with Gasteiger partial charge in [0.2, 0.25) is 5.91 Å². The van der Waals surface area contributed by atoms with Crippen LogP contribution in [0.1, 0.15) is 39.0 Å². The molecule has 0 radical (unpaired) electrons. The highest BCUT2D eigenvalue weighted by atomic mass is 16.5. The number of amides is 1. The lowest BCUT2D eigenvalue weighted by Gasteiger charge is -2.27. The lowest BCUT2D eigenvalue weighted by atomic mass is 9.81. The summed E-state index contributed by atoms with van der Waals surface area (Å²) in [6, 6.07) is 0.203. The van der Waals surface area contributed by atoms with Gasteiger partial charge in [0.15, 0.2) is 0 Å². The molecule has 4 nitrogen and oxygen atoms in total. The molecule has 1 rings (SSSR count). The second kappa shape index (κ2) is 7.67. The number of nitrogens with one attached hydrogen (secondary N) is 1. The van der Waals surface area contributed by atoms with E-state index in [1.54, 1.807) is 7.11 Å². The summed E-state index contributed by atoms with van der Waals surface area (Å²) in [5.74, 6) is 1.04. The fourth-order valence-electron chi connectivity index (χ4n) is 2.39. The van der Waals surface area contributed by atoms with Crippen molar-refractivity contribution in [1.82, 2.24) is 5.32 Å². The zero-order valence-electron chi connectivity index (χ0n) is 11.1. The standard InChI is InChI=1S/C13H26N2O2/c1-10(7-8-17-2)15-13(16)12-5-3-11(9-14)4-6-12/h10-12H,3-9,14H2,1-2H3,(H,15,16). The Morgan fingerprint density at radius 3 is 2.59 bits per heavy atom. The van der Waals surface area contributed by atoms with Crippen molar-refractivity contribution in [2.24, 2.45) is 17.6 Å². The Kier molecular flexibility index (Phi) is 6.52. The van der Waals surface area contributed by atoms with Crippen LogP contribution in [0.4, 0.5) is 0 Å². The van der Waals surface area contributed by atoms with Crippen molar-refractivity contribution in [3.05, 3.63) is 0 Å². The first-order chi connectivity index (χ1) is 8.17. The quantitative estimate of drug-likeness (QED) is 0.737. The molecule has 0 spiro atoms. The van der Waals surface area contributed by atoms with Crippen LogP contribution in [0.3, 0.4) is 0 Å². The number of ether oxygens (including phenoxy) is 1. The Morgan fingerprint density at radius 2 is 2.06 bits per heavy atom. The number of hydrogen-bond acceptors (Lipinski definition) is 3. The first-order valence-electron chi connectivity index (χ1n) is 6.66. The summed E-state index contributed by atoms with van der Waals surface area (Å²) < 4.78 is 5.00. The Morgan fingerprint density at radius 1 is 1.41 bits per heavy atom. The predicted octanol–water partition coefficient (Wildman–Crippen LogP) is 1.29. The average Bonchev–Trinajstić information content (AvgIpc) is 2.36. The zero-order valence-corrected chi connectivity index (χ0v) is 11.1. The van der Waals surface area contributed by atoms with Gasteiger partial charge in [0.05, 0.1) is 0 Å². The molecule has 0 bridgehead atoms. The highest BCUT2D eigenvalue weighted by Gasteiger charge is 2.26. The van der Waals surface area contributed by atoms with E-state index < -0.39 is 0 Å². The minimum Gasteiger partial charge on any atom is -0.385 e. The molecule has 0 aliphatic heterocycles. The molecule has 1 aliphatic rings. The van der Waals surface area contributed by atoms with E-state index in [0.717, 1.165) is 38.6 Å². The van der Waals surface area contributed by atoms with Crippen molar-refractivity contribution < 1.29 is 9.53 Å². The molecule has 4 heteroatoms. The maximum absolute atomic E-state index is 12.0. The SMILES string of the molecule is COCCC(C)NC(=O)C1CCC(CN)CC1. The van der Waals surface area contributed by atoms with Crippen LogP contribution in [-0.2, 0) is 9.53 Å². The molecule has 1 unspecified atom stereocenters. The fourth-order valence-corrected chi connectivity index (χ4v) is 2.39. The van der Waals surface area contributed by atoms with Crippen molar-refractivity contribution in [3.8, 4) is 0 Å². The molecule has 100 valence electrons.